The van der Waals surface area contributed by atoms with Gasteiger partial charge in [0.05, 0.1) is 37.1 Å². The number of thiocarbonyl (C=S) groups is 1. The molecule has 1 atom stereocenters. The van der Waals surface area contributed by atoms with Crippen LogP contribution in [0.3, 0.4) is 0 Å². The van der Waals surface area contributed by atoms with E-state index in [9.17, 15) is 10.1 Å². The van der Waals surface area contributed by atoms with Gasteiger partial charge in [0, 0.05) is 50.8 Å². The van der Waals surface area contributed by atoms with E-state index in [0.29, 0.717) is 35.8 Å². The molecule has 6 rings (SSSR count). The Bertz CT molecular complexity index is 1630. The Balaban J connectivity index is 0.882. The highest BCUT2D eigenvalue weighted by atomic mass is 32.2. The molecule has 8 nitrogen and oxygen atoms in total. The molecule has 3 heterocycles. The first kappa shape index (κ1) is 35.9. The third kappa shape index (κ3) is 8.34. The molecule has 3 aromatic rings. The summed E-state index contributed by atoms with van der Waals surface area (Å²) in [6.45, 7) is 6.38. The van der Waals surface area contributed by atoms with Gasteiger partial charge in [0.15, 0.2) is 11.5 Å². The molecule has 3 aliphatic rings. The fourth-order valence-electron chi connectivity index (χ4n) is 7.22. The van der Waals surface area contributed by atoms with Gasteiger partial charge in [-0.15, -0.1) is 0 Å². The molecule has 262 valence electrons. The molecule has 0 saturated carbocycles. The predicted molar refractivity (Wildman–Crippen MR) is 206 cm³/mol. The van der Waals surface area contributed by atoms with E-state index in [1.54, 1.807) is 24.9 Å². The summed E-state index contributed by atoms with van der Waals surface area (Å²) in [6.07, 6.45) is 8.94. The quantitative estimate of drug-likeness (QED) is 0.126. The summed E-state index contributed by atoms with van der Waals surface area (Å²) in [5.41, 5.74) is 2.60. The maximum absolute atomic E-state index is 13.1. The van der Waals surface area contributed by atoms with Crippen LogP contribution in [0.5, 0.6) is 11.5 Å². The fourth-order valence-corrected chi connectivity index (χ4v) is 8.60. The fraction of sp³-hybridized carbons (Fsp3) is 0.450. The largest absolute Gasteiger partial charge is 0.493 e. The molecule has 3 aromatic carbocycles. The van der Waals surface area contributed by atoms with E-state index in [0.717, 1.165) is 99.0 Å². The highest BCUT2D eigenvalue weighted by Crippen LogP contribution is 2.39. The van der Waals surface area contributed by atoms with Crippen molar-refractivity contribution in [2.24, 2.45) is 4.99 Å². The van der Waals surface area contributed by atoms with Gasteiger partial charge in [0.2, 0.25) is 0 Å². The predicted octanol–water partition coefficient (Wildman–Crippen LogP) is 7.49. The lowest BCUT2D eigenvalue weighted by atomic mass is 9.74. The SMILES string of the molecule is COc1cc2c(cc1OCCCCCCN1CCN(C(=S)SCCC(C#N)(c3ccccc3)c3ccccc3)CC1)N=C[C@@H]1CCCN1C2=O. The second-order valence-electron chi connectivity index (χ2n) is 13.2. The number of thioether (sulfide) groups is 1. The van der Waals surface area contributed by atoms with E-state index < -0.39 is 5.41 Å². The normalized spacial score (nSPS) is 17.5. The number of rotatable bonds is 14. The lowest BCUT2D eigenvalue weighted by Gasteiger charge is -2.36. The molecule has 2 fully saturated rings. The zero-order chi connectivity index (χ0) is 34.8. The highest BCUT2D eigenvalue weighted by molar-refractivity contribution is 8.22. The summed E-state index contributed by atoms with van der Waals surface area (Å²) in [6, 6.07) is 26.6. The maximum Gasteiger partial charge on any atom is 0.256 e. The molecule has 0 radical (unpaired) electrons. The van der Waals surface area contributed by atoms with Crippen molar-refractivity contribution in [2.45, 2.75) is 56.4 Å². The third-order valence-electron chi connectivity index (χ3n) is 10.1. The van der Waals surface area contributed by atoms with Crippen LogP contribution in [0.25, 0.3) is 0 Å². The maximum atomic E-state index is 13.1. The molecule has 0 aliphatic carbocycles. The van der Waals surface area contributed by atoms with Gasteiger partial charge in [-0.2, -0.15) is 5.26 Å². The minimum atomic E-state index is -0.696. The Hall–Kier alpha value is -3.91. The van der Waals surface area contributed by atoms with Crippen molar-refractivity contribution < 1.29 is 14.3 Å². The second kappa shape index (κ2) is 17.3. The van der Waals surface area contributed by atoms with Crippen LogP contribution in [0.15, 0.2) is 77.8 Å². The first-order chi connectivity index (χ1) is 24.5. The van der Waals surface area contributed by atoms with E-state index in [1.165, 1.54) is 0 Å². The number of amides is 1. The van der Waals surface area contributed by atoms with Crippen LogP contribution < -0.4 is 9.47 Å². The van der Waals surface area contributed by atoms with Crippen LogP contribution in [-0.2, 0) is 5.41 Å². The minimum absolute atomic E-state index is 0.0223. The number of methoxy groups -OCH3 is 1. The van der Waals surface area contributed by atoms with Crippen molar-refractivity contribution in [3.63, 3.8) is 0 Å². The number of nitrogens with zero attached hydrogens (tertiary/aromatic N) is 5. The van der Waals surface area contributed by atoms with Crippen LogP contribution in [0.1, 0.15) is 66.4 Å². The van der Waals surface area contributed by atoms with E-state index in [4.69, 9.17) is 21.7 Å². The Kier molecular flexibility index (Phi) is 12.5. The second-order valence-corrected chi connectivity index (χ2v) is 14.9. The summed E-state index contributed by atoms with van der Waals surface area (Å²) in [5.74, 6) is 2.03. The monoisotopic (exact) mass is 709 g/mol. The Labute approximate surface area is 306 Å². The number of hydrogen-bond acceptors (Lipinski definition) is 8. The molecule has 0 bridgehead atoms. The van der Waals surface area contributed by atoms with Crippen LogP contribution in [0, 0.1) is 11.3 Å². The Morgan fingerprint density at radius 1 is 0.960 bits per heavy atom. The number of carbonyl (C=O) groups is 1. The molecule has 10 heteroatoms. The number of piperazine rings is 1. The van der Waals surface area contributed by atoms with Crippen molar-refractivity contribution >= 4 is 46.1 Å². The number of benzene rings is 3. The van der Waals surface area contributed by atoms with E-state index in [1.807, 2.05) is 53.6 Å². The lowest BCUT2D eigenvalue weighted by molar-refractivity contribution is 0.0774. The summed E-state index contributed by atoms with van der Waals surface area (Å²) in [7, 11) is 1.61. The van der Waals surface area contributed by atoms with Gasteiger partial charge in [-0.05, 0) is 55.8 Å². The summed E-state index contributed by atoms with van der Waals surface area (Å²) in [4.78, 5) is 24.5. The molecule has 2 saturated heterocycles. The first-order valence-corrected chi connectivity index (χ1v) is 19.3. The average Bonchev–Trinajstić information content (AvgIpc) is 3.60. The molecule has 1 amide bonds. The number of carbonyl (C=O) groups excluding carboxylic acids is 1. The van der Waals surface area contributed by atoms with Gasteiger partial charge in [0.25, 0.3) is 5.91 Å². The Morgan fingerprint density at radius 3 is 2.34 bits per heavy atom. The van der Waals surface area contributed by atoms with E-state index >= 15 is 0 Å². The number of fused-ring (bicyclic) bond motifs is 2. The van der Waals surface area contributed by atoms with Crippen LogP contribution in [-0.4, -0.2) is 95.9 Å². The van der Waals surface area contributed by atoms with Crippen molar-refractivity contribution in [3.05, 3.63) is 89.5 Å². The molecule has 50 heavy (non-hydrogen) atoms. The van der Waals surface area contributed by atoms with Crippen LogP contribution in [0.2, 0.25) is 0 Å². The molecular weight excluding hydrogens is 663 g/mol. The minimum Gasteiger partial charge on any atom is -0.493 e. The van der Waals surface area contributed by atoms with Gasteiger partial charge in [-0.25, -0.2) is 0 Å². The van der Waals surface area contributed by atoms with Gasteiger partial charge in [-0.3, -0.25) is 14.7 Å². The summed E-state index contributed by atoms with van der Waals surface area (Å²) >= 11 is 7.57. The zero-order valence-electron chi connectivity index (χ0n) is 29.0. The number of aliphatic imine (C=N–C) groups is 1. The number of hydrogen-bond donors (Lipinski definition) is 0. The van der Waals surface area contributed by atoms with Gasteiger partial charge in [-0.1, -0.05) is 97.5 Å². The van der Waals surface area contributed by atoms with Crippen molar-refractivity contribution in [2.75, 3.05) is 58.7 Å². The van der Waals surface area contributed by atoms with Crippen molar-refractivity contribution in [3.8, 4) is 17.6 Å². The van der Waals surface area contributed by atoms with Crippen LogP contribution in [0.4, 0.5) is 5.69 Å². The van der Waals surface area contributed by atoms with Crippen molar-refractivity contribution in [1.29, 1.82) is 5.26 Å². The van der Waals surface area contributed by atoms with Gasteiger partial charge >= 0.3 is 0 Å². The molecule has 0 aromatic heterocycles. The zero-order valence-corrected chi connectivity index (χ0v) is 30.6. The average molecular weight is 710 g/mol. The molecule has 0 N–H and O–H groups in total. The van der Waals surface area contributed by atoms with Crippen molar-refractivity contribution in [1.82, 2.24) is 14.7 Å². The van der Waals surface area contributed by atoms with Gasteiger partial charge < -0.3 is 19.3 Å². The van der Waals surface area contributed by atoms with Crippen LogP contribution >= 0.6 is 24.0 Å². The standard InChI is InChI=1S/C40H47N5O3S2/c1-47-36-27-34-35(42-29-33-17-12-20-45(33)38(34)46)28-37(36)48-25-11-3-2-10-19-43-21-23-44(24-22-43)39(49)50-26-18-40(30-41,31-13-6-4-7-14-31)32-15-8-5-9-16-32/h4-9,13-16,27-29,33H,2-3,10-12,17-26H2,1H3/t33-/m0/s1. The summed E-state index contributed by atoms with van der Waals surface area (Å²) < 4.78 is 12.6. The van der Waals surface area contributed by atoms with E-state index in [-0.39, 0.29) is 11.9 Å². The summed E-state index contributed by atoms with van der Waals surface area (Å²) in [5, 5.41) is 10.5. The Morgan fingerprint density at radius 2 is 1.66 bits per heavy atom. The molecule has 3 aliphatic heterocycles. The number of ether oxygens (including phenoxy) is 2. The molecule has 0 spiro atoms. The highest BCUT2D eigenvalue weighted by Gasteiger charge is 2.35. The topological polar surface area (TPSA) is 81.4 Å². The third-order valence-corrected chi connectivity index (χ3v) is 11.7. The van der Waals surface area contributed by atoms with Gasteiger partial charge in [0.1, 0.15) is 9.74 Å². The molecule has 0 unspecified atom stereocenters. The number of unbranched alkanes of at least 4 members (excludes halogenated alkanes) is 3. The smallest absolute Gasteiger partial charge is 0.256 e. The van der Waals surface area contributed by atoms with E-state index in [2.05, 4.69) is 45.1 Å². The first-order valence-electron chi connectivity index (χ1n) is 17.9. The lowest BCUT2D eigenvalue weighted by Crippen LogP contribution is -2.47. The number of nitriles is 1. The molecular formula is C40H47N5O3S2.